The summed E-state index contributed by atoms with van der Waals surface area (Å²) in [6.45, 7) is 0. The standard InChI is InChI=1S/C14H9FN2O2/c15-8-4-5-10(14(18)19)11(6-8)9-2-1-3-13-12(9)7-16-17-13/h1-7H,(H,16,17)(H,18,19). The van der Waals surface area contributed by atoms with Crippen LogP contribution >= 0.6 is 0 Å². The van der Waals surface area contributed by atoms with Gasteiger partial charge in [-0.25, -0.2) is 9.18 Å². The summed E-state index contributed by atoms with van der Waals surface area (Å²) in [5.41, 5.74) is 1.83. The molecule has 4 nitrogen and oxygen atoms in total. The number of nitrogens with zero attached hydrogens (tertiary/aromatic N) is 1. The molecule has 0 aliphatic carbocycles. The molecular weight excluding hydrogens is 247 g/mol. The van der Waals surface area contributed by atoms with Crippen LogP contribution in [0.3, 0.4) is 0 Å². The summed E-state index contributed by atoms with van der Waals surface area (Å²) < 4.78 is 13.4. The van der Waals surface area contributed by atoms with Crippen molar-refractivity contribution in [2.45, 2.75) is 0 Å². The van der Waals surface area contributed by atoms with Gasteiger partial charge in [-0.3, -0.25) is 5.10 Å². The molecule has 0 saturated heterocycles. The van der Waals surface area contributed by atoms with E-state index in [0.29, 0.717) is 11.1 Å². The normalized spacial score (nSPS) is 10.8. The highest BCUT2D eigenvalue weighted by Crippen LogP contribution is 2.30. The number of aromatic carboxylic acids is 1. The van der Waals surface area contributed by atoms with Crippen LogP contribution in [0.4, 0.5) is 4.39 Å². The lowest BCUT2D eigenvalue weighted by atomic mass is 9.97. The maximum absolute atomic E-state index is 13.4. The molecule has 0 saturated carbocycles. The lowest BCUT2D eigenvalue weighted by Crippen LogP contribution is -2.00. The van der Waals surface area contributed by atoms with Crippen molar-refractivity contribution in [3.63, 3.8) is 0 Å². The van der Waals surface area contributed by atoms with Crippen LogP contribution < -0.4 is 0 Å². The number of fused-ring (bicyclic) bond motifs is 1. The predicted octanol–water partition coefficient (Wildman–Crippen LogP) is 3.07. The van der Waals surface area contributed by atoms with Gasteiger partial charge in [-0.2, -0.15) is 5.10 Å². The van der Waals surface area contributed by atoms with Gasteiger partial charge in [0.1, 0.15) is 5.82 Å². The van der Waals surface area contributed by atoms with Gasteiger partial charge in [-0.05, 0) is 35.4 Å². The summed E-state index contributed by atoms with van der Waals surface area (Å²) in [5, 5.41) is 16.7. The average Bonchev–Trinajstić information content (AvgIpc) is 2.86. The van der Waals surface area contributed by atoms with Gasteiger partial charge in [-0.1, -0.05) is 12.1 Å². The molecule has 0 fully saturated rings. The van der Waals surface area contributed by atoms with E-state index in [2.05, 4.69) is 10.2 Å². The molecule has 3 aromatic rings. The Balaban J connectivity index is 2.35. The molecule has 19 heavy (non-hydrogen) atoms. The van der Waals surface area contributed by atoms with E-state index in [0.717, 1.165) is 17.0 Å². The first kappa shape index (κ1) is 11.4. The van der Waals surface area contributed by atoms with Gasteiger partial charge in [-0.15, -0.1) is 0 Å². The zero-order valence-corrected chi connectivity index (χ0v) is 9.72. The molecule has 0 aliphatic rings. The molecule has 3 rings (SSSR count). The molecule has 0 amide bonds. The van der Waals surface area contributed by atoms with E-state index >= 15 is 0 Å². The van der Waals surface area contributed by atoms with Crippen LogP contribution in [0.2, 0.25) is 0 Å². The maximum Gasteiger partial charge on any atom is 0.336 e. The fraction of sp³-hybridized carbons (Fsp3) is 0. The minimum absolute atomic E-state index is 0.0649. The number of benzene rings is 2. The number of nitrogens with one attached hydrogen (secondary N) is 1. The van der Waals surface area contributed by atoms with E-state index in [1.165, 1.54) is 12.1 Å². The molecule has 1 heterocycles. The Morgan fingerprint density at radius 3 is 2.84 bits per heavy atom. The van der Waals surface area contributed by atoms with E-state index in [-0.39, 0.29) is 5.56 Å². The summed E-state index contributed by atoms with van der Waals surface area (Å²) in [6.07, 6.45) is 1.60. The van der Waals surface area contributed by atoms with E-state index in [1.54, 1.807) is 18.3 Å². The van der Waals surface area contributed by atoms with Gasteiger partial charge in [0.25, 0.3) is 0 Å². The average molecular weight is 256 g/mol. The summed E-state index contributed by atoms with van der Waals surface area (Å²) in [7, 11) is 0. The zero-order chi connectivity index (χ0) is 13.4. The number of carboxylic acids is 1. The fourth-order valence-electron chi connectivity index (χ4n) is 2.13. The molecular formula is C14H9FN2O2. The number of aromatic amines is 1. The fourth-order valence-corrected chi connectivity index (χ4v) is 2.13. The Bertz CT molecular complexity index is 780. The molecule has 0 spiro atoms. The number of aromatic nitrogens is 2. The van der Waals surface area contributed by atoms with Gasteiger partial charge in [0.2, 0.25) is 0 Å². The lowest BCUT2D eigenvalue weighted by molar-refractivity contribution is 0.0697. The van der Waals surface area contributed by atoms with Crippen molar-refractivity contribution in [2.75, 3.05) is 0 Å². The summed E-state index contributed by atoms with van der Waals surface area (Å²) in [5.74, 6) is -1.56. The van der Waals surface area contributed by atoms with Crippen molar-refractivity contribution in [1.82, 2.24) is 10.2 Å². The smallest absolute Gasteiger partial charge is 0.336 e. The molecule has 1 aromatic heterocycles. The number of halogens is 1. The monoisotopic (exact) mass is 256 g/mol. The Hall–Kier alpha value is -2.69. The Kier molecular flexibility index (Phi) is 2.52. The van der Waals surface area contributed by atoms with Crippen molar-refractivity contribution in [3.8, 4) is 11.1 Å². The van der Waals surface area contributed by atoms with Crippen LogP contribution in [0.5, 0.6) is 0 Å². The number of carboxylic acid groups (broad SMARTS) is 1. The zero-order valence-electron chi connectivity index (χ0n) is 9.72. The third-order valence-electron chi connectivity index (χ3n) is 2.99. The van der Waals surface area contributed by atoms with Crippen molar-refractivity contribution in [1.29, 1.82) is 0 Å². The quantitative estimate of drug-likeness (QED) is 0.740. The van der Waals surface area contributed by atoms with Crippen LogP contribution in [-0.4, -0.2) is 21.3 Å². The number of hydrogen-bond donors (Lipinski definition) is 2. The third kappa shape index (κ3) is 1.85. The Morgan fingerprint density at radius 1 is 1.21 bits per heavy atom. The third-order valence-corrected chi connectivity index (χ3v) is 2.99. The highest BCUT2D eigenvalue weighted by atomic mass is 19.1. The minimum Gasteiger partial charge on any atom is -0.478 e. The topological polar surface area (TPSA) is 66.0 Å². The van der Waals surface area contributed by atoms with Gasteiger partial charge in [0.15, 0.2) is 0 Å². The summed E-state index contributed by atoms with van der Waals surface area (Å²) in [6, 6.07) is 8.98. The number of carbonyl (C=O) groups is 1. The van der Waals surface area contributed by atoms with Crippen LogP contribution in [-0.2, 0) is 0 Å². The molecule has 0 radical (unpaired) electrons. The first-order valence-corrected chi connectivity index (χ1v) is 5.62. The second-order valence-electron chi connectivity index (χ2n) is 4.13. The van der Waals surface area contributed by atoms with E-state index in [1.807, 2.05) is 6.07 Å². The molecule has 94 valence electrons. The highest BCUT2D eigenvalue weighted by Gasteiger charge is 2.15. The first-order chi connectivity index (χ1) is 9.16. The van der Waals surface area contributed by atoms with Gasteiger partial charge in [0, 0.05) is 5.39 Å². The van der Waals surface area contributed by atoms with Crippen molar-refractivity contribution in [3.05, 3.63) is 54.0 Å². The number of hydrogen-bond acceptors (Lipinski definition) is 2. The summed E-state index contributed by atoms with van der Waals surface area (Å²) in [4.78, 5) is 11.2. The molecule has 0 aliphatic heterocycles. The van der Waals surface area contributed by atoms with Crippen molar-refractivity contribution in [2.24, 2.45) is 0 Å². The second kappa shape index (κ2) is 4.20. The van der Waals surface area contributed by atoms with Gasteiger partial charge < -0.3 is 5.11 Å². The number of H-pyrrole nitrogens is 1. The van der Waals surface area contributed by atoms with E-state index in [9.17, 15) is 14.3 Å². The van der Waals surface area contributed by atoms with Crippen LogP contribution in [0.1, 0.15) is 10.4 Å². The highest BCUT2D eigenvalue weighted by molar-refractivity contribution is 6.02. The maximum atomic E-state index is 13.4. The van der Waals surface area contributed by atoms with Gasteiger partial charge >= 0.3 is 5.97 Å². The number of rotatable bonds is 2. The Morgan fingerprint density at radius 2 is 2.05 bits per heavy atom. The molecule has 0 unspecified atom stereocenters. The van der Waals surface area contributed by atoms with Crippen LogP contribution in [0.25, 0.3) is 22.0 Å². The Labute approximate surface area is 107 Å². The molecule has 2 N–H and O–H groups in total. The second-order valence-corrected chi connectivity index (χ2v) is 4.13. The summed E-state index contributed by atoms with van der Waals surface area (Å²) >= 11 is 0. The van der Waals surface area contributed by atoms with E-state index in [4.69, 9.17) is 0 Å². The molecule has 0 atom stereocenters. The van der Waals surface area contributed by atoms with Crippen molar-refractivity contribution < 1.29 is 14.3 Å². The molecule has 0 bridgehead atoms. The first-order valence-electron chi connectivity index (χ1n) is 5.62. The van der Waals surface area contributed by atoms with E-state index < -0.39 is 11.8 Å². The van der Waals surface area contributed by atoms with Crippen molar-refractivity contribution >= 4 is 16.9 Å². The SMILES string of the molecule is O=C(O)c1ccc(F)cc1-c1cccc2[nH]ncc12. The van der Waals surface area contributed by atoms with Crippen LogP contribution in [0, 0.1) is 5.82 Å². The largest absolute Gasteiger partial charge is 0.478 e. The van der Waals surface area contributed by atoms with Crippen LogP contribution in [0.15, 0.2) is 42.6 Å². The minimum atomic E-state index is -1.09. The molecule has 2 aromatic carbocycles. The lowest BCUT2D eigenvalue weighted by Gasteiger charge is -2.07. The molecule has 5 heteroatoms. The van der Waals surface area contributed by atoms with Gasteiger partial charge in [0.05, 0.1) is 17.3 Å². The predicted molar refractivity (Wildman–Crippen MR) is 68.4 cm³/mol.